The number of carbonyl (C=O) groups excluding carboxylic acids is 1. The minimum absolute atomic E-state index is 0.128. The maximum absolute atomic E-state index is 12.0. The van der Waals surface area contributed by atoms with E-state index < -0.39 is 0 Å². The molecule has 0 aromatic heterocycles. The summed E-state index contributed by atoms with van der Waals surface area (Å²) in [5.41, 5.74) is 5.21. The molecule has 0 saturated heterocycles. The molecule has 178 valence electrons. The van der Waals surface area contributed by atoms with Crippen LogP contribution in [0.25, 0.3) is 16.7 Å². The highest BCUT2D eigenvalue weighted by molar-refractivity contribution is 5.74. The third kappa shape index (κ3) is 8.50. The third-order valence-electron chi connectivity index (χ3n) is 6.89. The maximum atomic E-state index is 12.0. The standard InChI is InChI=1S/C31H42O2/c1-3-5-7-8-10-12-31(32)33-30-23-21-29(22-24-30)28-19-17-27(18-20-28)26-15-13-25(14-16-26)11-9-6-4-2/h15,17-25H,3-14,16H2,1-2H3. The topological polar surface area (TPSA) is 26.3 Å². The number of esters is 1. The molecule has 33 heavy (non-hydrogen) atoms. The minimum Gasteiger partial charge on any atom is -0.427 e. The van der Waals surface area contributed by atoms with Gasteiger partial charge >= 0.3 is 5.97 Å². The molecule has 1 aliphatic rings. The quantitative estimate of drug-likeness (QED) is 0.174. The lowest BCUT2D eigenvalue weighted by molar-refractivity contribution is -0.134. The Hall–Kier alpha value is -2.35. The zero-order chi connectivity index (χ0) is 23.3. The number of rotatable bonds is 13. The first-order valence-corrected chi connectivity index (χ1v) is 13.3. The second kappa shape index (κ2) is 14.0. The molecular weight excluding hydrogens is 404 g/mol. The van der Waals surface area contributed by atoms with Crippen molar-refractivity contribution in [2.75, 3.05) is 0 Å². The molecule has 1 atom stereocenters. The molecule has 0 heterocycles. The van der Waals surface area contributed by atoms with E-state index in [4.69, 9.17) is 4.74 Å². The molecule has 2 heteroatoms. The fourth-order valence-corrected chi connectivity index (χ4v) is 4.74. The summed E-state index contributed by atoms with van der Waals surface area (Å²) >= 11 is 0. The molecule has 0 N–H and O–H groups in total. The smallest absolute Gasteiger partial charge is 0.311 e. The van der Waals surface area contributed by atoms with Gasteiger partial charge < -0.3 is 4.74 Å². The molecule has 0 radical (unpaired) electrons. The molecule has 2 nitrogen and oxygen atoms in total. The summed E-state index contributed by atoms with van der Waals surface area (Å²) in [6.45, 7) is 4.48. The van der Waals surface area contributed by atoms with Gasteiger partial charge in [0.2, 0.25) is 0 Å². The number of allylic oxidation sites excluding steroid dienone is 2. The fourth-order valence-electron chi connectivity index (χ4n) is 4.74. The molecule has 0 spiro atoms. The Balaban J connectivity index is 1.48. The lowest BCUT2D eigenvalue weighted by Crippen LogP contribution is -2.07. The second-order valence-corrected chi connectivity index (χ2v) is 9.61. The van der Waals surface area contributed by atoms with E-state index >= 15 is 0 Å². The van der Waals surface area contributed by atoms with E-state index in [0.717, 1.165) is 24.3 Å². The van der Waals surface area contributed by atoms with E-state index in [1.54, 1.807) is 0 Å². The van der Waals surface area contributed by atoms with Crippen LogP contribution >= 0.6 is 0 Å². The average molecular weight is 447 g/mol. The summed E-state index contributed by atoms with van der Waals surface area (Å²) in [5.74, 6) is 1.39. The predicted octanol–water partition coefficient (Wildman–Crippen LogP) is 9.38. The number of unbranched alkanes of at least 4 members (excludes halogenated alkanes) is 6. The van der Waals surface area contributed by atoms with Gasteiger partial charge in [0.05, 0.1) is 0 Å². The Labute approximate surface area is 201 Å². The third-order valence-corrected chi connectivity index (χ3v) is 6.89. The van der Waals surface area contributed by atoms with Crippen molar-refractivity contribution in [2.24, 2.45) is 5.92 Å². The van der Waals surface area contributed by atoms with Crippen molar-refractivity contribution in [3.63, 3.8) is 0 Å². The first-order chi connectivity index (χ1) is 16.2. The molecule has 2 aromatic carbocycles. The van der Waals surface area contributed by atoms with Crippen LogP contribution in [0, 0.1) is 5.92 Å². The van der Waals surface area contributed by atoms with E-state index in [0.29, 0.717) is 12.2 Å². The van der Waals surface area contributed by atoms with Crippen LogP contribution in [0.3, 0.4) is 0 Å². The van der Waals surface area contributed by atoms with Crippen molar-refractivity contribution < 1.29 is 9.53 Å². The van der Waals surface area contributed by atoms with E-state index in [-0.39, 0.29) is 5.97 Å². The van der Waals surface area contributed by atoms with Crippen molar-refractivity contribution >= 4 is 11.5 Å². The van der Waals surface area contributed by atoms with Crippen molar-refractivity contribution in [3.05, 3.63) is 60.2 Å². The van der Waals surface area contributed by atoms with Crippen molar-refractivity contribution in [1.82, 2.24) is 0 Å². The SMILES string of the molecule is CCCCCCCC(=O)Oc1ccc(-c2ccc(C3=CCC(CCCCC)CC3)cc2)cc1. The van der Waals surface area contributed by atoms with Gasteiger partial charge in [-0.05, 0) is 66.0 Å². The summed E-state index contributed by atoms with van der Waals surface area (Å²) in [5, 5.41) is 0. The minimum atomic E-state index is -0.128. The van der Waals surface area contributed by atoms with Gasteiger partial charge in [-0.1, -0.05) is 108 Å². The highest BCUT2D eigenvalue weighted by Gasteiger charge is 2.15. The first-order valence-electron chi connectivity index (χ1n) is 13.3. The largest absolute Gasteiger partial charge is 0.427 e. The van der Waals surface area contributed by atoms with Crippen LogP contribution in [0.15, 0.2) is 54.6 Å². The molecule has 1 unspecified atom stereocenters. The molecule has 0 amide bonds. The molecule has 1 aliphatic carbocycles. The fraction of sp³-hybridized carbons (Fsp3) is 0.516. The van der Waals surface area contributed by atoms with E-state index in [2.05, 4.69) is 44.2 Å². The van der Waals surface area contributed by atoms with Crippen molar-refractivity contribution in [2.45, 2.75) is 97.3 Å². The van der Waals surface area contributed by atoms with Gasteiger partial charge in [-0.15, -0.1) is 0 Å². The highest BCUT2D eigenvalue weighted by Crippen LogP contribution is 2.33. The molecule has 0 fully saturated rings. The summed E-state index contributed by atoms with van der Waals surface area (Å²) in [6.07, 6.45) is 17.9. The number of ether oxygens (including phenoxy) is 1. The van der Waals surface area contributed by atoms with E-state index in [1.165, 1.54) is 80.9 Å². The normalized spacial score (nSPS) is 15.8. The summed E-state index contributed by atoms with van der Waals surface area (Å²) in [6, 6.07) is 16.8. The Kier molecular flexibility index (Phi) is 10.7. The van der Waals surface area contributed by atoms with Crippen molar-refractivity contribution in [1.29, 1.82) is 0 Å². The van der Waals surface area contributed by atoms with E-state index in [1.807, 2.05) is 24.3 Å². The van der Waals surface area contributed by atoms with Crippen molar-refractivity contribution in [3.8, 4) is 16.9 Å². The number of benzene rings is 2. The average Bonchev–Trinajstić information content (AvgIpc) is 2.85. The molecule has 0 aliphatic heterocycles. The molecule has 2 aromatic rings. The number of hydrogen-bond acceptors (Lipinski definition) is 2. The van der Waals surface area contributed by atoms with E-state index in [9.17, 15) is 4.79 Å². The number of carbonyl (C=O) groups is 1. The van der Waals surface area contributed by atoms with Crippen LogP contribution in [0.5, 0.6) is 5.75 Å². The van der Waals surface area contributed by atoms with Gasteiger partial charge in [0.25, 0.3) is 0 Å². The Bertz CT molecular complexity index is 861. The van der Waals surface area contributed by atoms with Crippen LogP contribution in [0.1, 0.15) is 103 Å². The van der Waals surface area contributed by atoms with Crippen LogP contribution in [-0.2, 0) is 4.79 Å². The summed E-state index contributed by atoms with van der Waals surface area (Å²) in [4.78, 5) is 12.0. The van der Waals surface area contributed by atoms with Gasteiger partial charge in [0.1, 0.15) is 5.75 Å². The molecule has 3 rings (SSSR count). The highest BCUT2D eigenvalue weighted by atomic mass is 16.5. The monoisotopic (exact) mass is 446 g/mol. The predicted molar refractivity (Wildman–Crippen MR) is 140 cm³/mol. The maximum Gasteiger partial charge on any atom is 0.311 e. The van der Waals surface area contributed by atoms with Crippen LogP contribution in [-0.4, -0.2) is 5.97 Å². The summed E-state index contributed by atoms with van der Waals surface area (Å²) in [7, 11) is 0. The second-order valence-electron chi connectivity index (χ2n) is 9.61. The van der Waals surface area contributed by atoms with Gasteiger partial charge in [-0.3, -0.25) is 4.79 Å². The van der Waals surface area contributed by atoms with Gasteiger partial charge in [-0.25, -0.2) is 0 Å². The number of hydrogen-bond donors (Lipinski definition) is 0. The first kappa shape index (κ1) is 25.3. The lowest BCUT2D eigenvalue weighted by atomic mass is 9.83. The Morgan fingerprint density at radius 1 is 0.788 bits per heavy atom. The van der Waals surface area contributed by atoms with Crippen LogP contribution < -0.4 is 4.74 Å². The zero-order valence-corrected chi connectivity index (χ0v) is 20.8. The van der Waals surface area contributed by atoms with Gasteiger partial charge in [-0.2, -0.15) is 0 Å². The van der Waals surface area contributed by atoms with Gasteiger partial charge in [0, 0.05) is 6.42 Å². The van der Waals surface area contributed by atoms with Crippen LogP contribution in [0.4, 0.5) is 0 Å². The lowest BCUT2D eigenvalue weighted by Gasteiger charge is -2.22. The molecular formula is C31H42O2. The molecule has 0 bridgehead atoms. The van der Waals surface area contributed by atoms with Crippen LogP contribution in [0.2, 0.25) is 0 Å². The molecule has 0 saturated carbocycles. The Morgan fingerprint density at radius 2 is 1.39 bits per heavy atom. The van der Waals surface area contributed by atoms with Gasteiger partial charge in [0.15, 0.2) is 0 Å². The Morgan fingerprint density at radius 3 is 2.03 bits per heavy atom. The summed E-state index contributed by atoms with van der Waals surface area (Å²) < 4.78 is 5.50. The zero-order valence-electron chi connectivity index (χ0n) is 20.8.